The third kappa shape index (κ3) is 11.3. The van der Waals surface area contributed by atoms with Gasteiger partial charge >= 0.3 is 6.03 Å². The molecule has 0 bridgehead atoms. The highest BCUT2D eigenvalue weighted by Crippen LogP contribution is 2.37. The lowest BCUT2D eigenvalue weighted by molar-refractivity contribution is -0.314. The molecule has 0 radical (unpaired) electrons. The highest BCUT2D eigenvalue weighted by atomic mass is 16.7. The lowest BCUT2D eigenvalue weighted by atomic mass is 9.72. The summed E-state index contributed by atoms with van der Waals surface area (Å²) >= 11 is 0. The maximum absolute atomic E-state index is 14.0. The molecule has 1 aliphatic heterocycles. The van der Waals surface area contributed by atoms with E-state index in [9.17, 15) is 19.5 Å². The van der Waals surface area contributed by atoms with Crippen molar-refractivity contribution in [2.75, 3.05) is 19.7 Å². The average molecular weight is 629 g/mol. The highest BCUT2D eigenvalue weighted by Gasteiger charge is 2.47. The second kappa shape index (κ2) is 17.3. The van der Waals surface area contributed by atoms with Crippen molar-refractivity contribution < 1.29 is 29.0 Å². The number of aliphatic carboxylic acids is 1. The Bertz CT molecular complexity index is 1070. The molecule has 1 aromatic carbocycles. The fourth-order valence-corrected chi connectivity index (χ4v) is 6.65. The van der Waals surface area contributed by atoms with E-state index in [-0.39, 0.29) is 18.5 Å². The van der Waals surface area contributed by atoms with E-state index >= 15 is 0 Å². The van der Waals surface area contributed by atoms with Crippen LogP contribution in [0.15, 0.2) is 30.3 Å². The summed E-state index contributed by atoms with van der Waals surface area (Å²) in [6, 6.07) is 9.62. The van der Waals surface area contributed by atoms with Gasteiger partial charge in [0.2, 0.25) is 5.91 Å². The van der Waals surface area contributed by atoms with Gasteiger partial charge in [0.1, 0.15) is 6.10 Å². The van der Waals surface area contributed by atoms with Crippen molar-refractivity contribution in [1.82, 2.24) is 15.5 Å². The molecule has 1 aromatic rings. The third-order valence-electron chi connectivity index (χ3n) is 9.46. The molecule has 2 N–H and O–H groups in total. The van der Waals surface area contributed by atoms with Crippen LogP contribution in [0.5, 0.6) is 0 Å². The Morgan fingerprint density at radius 1 is 0.933 bits per heavy atom. The van der Waals surface area contributed by atoms with Crippen LogP contribution in [0.2, 0.25) is 0 Å². The van der Waals surface area contributed by atoms with Crippen LogP contribution in [0.3, 0.4) is 0 Å². The zero-order valence-electron chi connectivity index (χ0n) is 28.5. The monoisotopic (exact) mass is 628 g/mol. The zero-order valence-corrected chi connectivity index (χ0v) is 28.5. The summed E-state index contributed by atoms with van der Waals surface area (Å²) in [6.45, 7) is 10.7. The predicted molar refractivity (Wildman–Crippen MR) is 174 cm³/mol. The molecule has 1 aliphatic carbocycles. The number of hydrogen-bond acceptors (Lipinski definition) is 6. The molecule has 3 amide bonds. The zero-order chi connectivity index (χ0) is 32.9. The summed E-state index contributed by atoms with van der Waals surface area (Å²) in [4.78, 5) is 41.9. The van der Waals surface area contributed by atoms with Crippen LogP contribution in [0.25, 0.3) is 0 Å². The van der Waals surface area contributed by atoms with Gasteiger partial charge in [-0.25, -0.2) is 4.79 Å². The number of amides is 3. The van der Waals surface area contributed by atoms with E-state index < -0.39 is 34.7 Å². The molecular formula is C36H58N3O6-. The van der Waals surface area contributed by atoms with Crippen molar-refractivity contribution in [2.45, 2.75) is 142 Å². The van der Waals surface area contributed by atoms with Gasteiger partial charge in [0.05, 0.1) is 12.1 Å². The average Bonchev–Trinajstić information content (AvgIpc) is 3.00. The summed E-state index contributed by atoms with van der Waals surface area (Å²) in [5.74, 6) is -3.69. The Kier molecular flexibility index (Phi) is 14.2. The van der Waals surface area contributed by atoms with Crippen molar-refractivity contribution in [3.05, 3.63) is 35.9 Å². The smallest absolute Gasteiger partial charge is 0.318 e. The first kappa shape index (κ1) is 36.8. The van der Waals surface area contributed by atoms with E-state index in [1.54, 1.807) is 13.8 Å². The molecule has 0 spiro atoms. The highest BCUT2D eigenvalue weighted by molar-refractivity contribution is 5.83. The number of carbonyl (C=O) groups excluding carboxylic acids is 3. The second-order valence-electron chi connectivity index (χ2n) is 14.3. The number of rotatable bonds is 17. The number of benzene rings is 1. The molecule has 2 fully saturated rings. The van der Waals surface area contributed by atoms with E-state index in [4.69, 9.17) is 9.47 Å². The van der Waals surface area contributed by atoms with Crippen LogP contribution in [0, 0.1) is 11.3 Å². The summed E-state index contributed by atoms with van der Waals surface area (Å²) in [5, 5.41) is 18.8. The molecule has 9 nitrogen and oxygen atoms in total. The molecule has 2 aliphatic rings. The number of urea groups is 1. The van der Waals surface area contributed by atoms with Crippen LogP contribution in [-0.2, 0) is 25.6 Å². The van der Waals surface area contributed by atoms with Crippen molar-refractivity contribution >= 4 is 17.9 Å². The minimum Gasteiger partial charge on any atom is -0.550 e. The van der Waals surface area contributed by atoms with Crippen molar-refractivity contribution in [3.63, 3.8) is 0 Å². The van der Waals surface area contributed by atoms with Gasteiger partial charge < -0.3 is 34.9 Å². The quantitative estimate of drug-likeness (QED) is 0.214. The molecule has 9 heteroatoms. The van der Waals surface area contributed by atoms with Gasteiger partial charge in [-0.1, -0.05) is 115 Å². The molecule has 1 saturated carbocycles. The fraction of sp³-hybridized carbons (Fsp3) is 0.750. The first-order chi connectivity index (χ1) is 21.4. The van der Waals surface area contributed by atoms with E-state index in [1.165, 1.54) is 32.1 Å². The normalized spacial score (nSPS) is 21.0. The first-order valence-corrected chi connectivity index (χ1v) is 17.3. The number of nitrogens with one attached hydrogen (secondary N) is 2. The van der Waals surface area contributed by atoms with Crippen molar-refractivity contribution in [1.29, 1.82) is 0 Å². The van der Waals surface area contributed by atoms with Gasteiger partial charge in [-0.05, 0) is 38.7 Å². The lowest BCUT2D eigenvalue weighted by Crippen LogP contribution is -2.64. The first-order valence-electron chi connectivity index (χ1n) is 17.3. The Morgan fingerprint density at radius 2 is 1.56 bits per heavy atom. The van der Waals surface area contributed by atoms with E-state index in [1.807, 2.05) is 49.1 Å². The standard InChI is InChI=1S/C36H59N3O6/c1-6-7-8-9-10-11-12-19-24-39(26-28-20-15-13-16-21-28)33(43)38-36(22-17-14-18-23-36)29(32(41)42)25-37-31(40)30-34(2,3)27-44-35(4,5)45-30/h13,15-16,20-21,29-30H,6-12,14,17-19,22-27H2,1-5H3,(H,37,40)(H,38,43)(H,41,42)/p-1. The van der Waals surface area contributed by atoms with Crippen LogP contribution in [-0.4, -0.2) is 59.9 Å². The van der Waals surface area contributed by atoms with Gasteiger partial charge in [-0.2, -0.15) is 0 Å². The Labute approximate surface area is 271 Å². The number of nitrogens with zero attached hydrogens (tertiary/aromatic N) is 1. The maximum Gasteiger partial charge on any atom is 0.318 e. The van der Waals surface area contributed by atoms with Crippen LogP contribution in [0.4, 0.5) is 4.79 Å². The molecule has 1 saturated heterocycles. The molecule has 2 unspecified atom stereocenters. The maximum atomic E-state index is 14.0. The number of carboxylic acid groups (broad SMARTS) is 1. The largest absolute Gasteiger partial charge is 0.550 e. The summed E-state index contributed by atoms with van der Waals surface area (Å²) in [7, 11) is 0. The third-order valence-corrected chi connectivity index (χ3v) is 9.46. The van der Waals surface area contributed by atoms with E-state index in [0.717, 1.165) is 44.1 Å². The van der Waals surface area contributed by atoms with Crippen LogP contribution in [0.1, 0.15) is 124 Å². The van der Waals surface area contributed by atoms with Crippen LogP contribution >= 0.6 is 0 Å². The van der Waals surface area contributed by atoms with Gasteiger partial charge in [0.15, 0.2) is 5.79 Å². The Hall–Kier alpha value is -2.65. The molecule has 1 heterocycles. The Morgan fingerprint density at radius 3 is 2.18 bits per heavy atom. The van der Waals surface area contributed by atoms with Gasteiger partial charge in [-0.15, -0.1) is 0 Å². The van der Waals surface area contributed by atoms with Gasteiger partial charge in [0, 0.05) is 36.9 Å². The molecule has 2 atom stereocenters. The summed E-state index contributed by atoms with van der Waals surface area (Å²) < 4.78 is 11.7. The minimum absolute atomic E-state index is 0.157. The number of hydrogen-bond donors (Lipinski definition) is 2. The van der Waals surface area contributed by atoms with Crippen LogP contribution < -0.4 is 15.7 Å². The predicted octanol–water partition coefficient (Wildman–Crippen LogP) is 5.70. The minimum atomic E-state index is -1.28. The second-order valence-corrected chi connectivity index (χ2v) is 14.3. The van der Waals surface area contributed by atoms with Gasteiger partial charge in [-0.3, -0.25) is 4.79 Å². The number of ether oxygens (including phenoxy) is 2. The van der Waals surface area contributed by atoms with Gasteiger partial charge in [0.25, 0.3) is 0 Å². The fourth-order valence-electron chi connectivity index (χ4n) is 6.65. The lowest BCUT2D eigenvalue weighted by Gasteiger charge is -2.47. The topological polar surface area (TPSA) is 120 Å². The number of unbranched alkanes of at least 4 members (excludes halogenated alkanes) is 7. The Balaban J connectivity index is 1.72. The molecule has 0 aromatic heterocycles. The summed E-state index contributed by atoms with van der Waals surface area (Å²) in [6.07, 6.45) is 12.1. The summed E-state index contributed by atoms with van der Waals surface area (Å²) in [5.41, 5.74) is -0.600. The molecule has 45 heavy (non-hydrogen) atoms. The molecule has 3 rings (SSSR count). The number of carbonyl (C=O) groups is 3. The van der Waals surface area contributed by atoms with Crippen molar-refractivity contribution in [2.24, 2.45) is 11.3 Å². The van der Waals surface area contributed by atoms with Crippen molar-refractivity contribution in [3.8, 4) is 0 Å². The number of carboxylic acids is 1. The molecular weight excluding hydrogens is 570 g/mol. The van der Waals surface area contributed by atoms with E-state index in [0.29, 0.717) is 32.5 Å². The molecule has 254 valence electrons. The SMILES string of the molecule is CCCCCCCCCCN(Cc1ccccc1)C(=O)NC1(C(CNC(=O)C2OC(C)(C)OCC2(C)C)C(=O)[O-])CCCCC1. The van der Waals surface area contributed by atoms with E-state index in [2.05, 4.69) is 17.6 Å².